The maximum absolute atomic E-state index is 12.3. The van der Waals surface area contributed by atoms with E-state index in [0.717, 1.165) is 17.0 Å². The van der Waals surface area contributed by atoms with E-state index < -0.39 is 0 Å². The molecule has 9 nitrogen and oxygen atoms in total. The van der Waals surface area contributed by atoms with Crippen LogP contribution in [0.2, 0.25) is 0 Å². The molecule has 0 atom stereocenters. The first-order chi connectivity index (χ1) is 14.0. The number of hydrogen-bond donors (Lipinski definition) is 2. The maximum atomic E-state index is 12.3. The van der Waals surface area contributed by atoms with Gasteiger partial charge in [0, 0.05) is 30.0 Å². The number of anilines is 1. The Balaban J connectivity index is 1.54. The topological polar surface area (TPSA) is 111 Å². The Morgan fingerprint density at radius 3 is 2.62 bits per heavy atom. The van der Waals surface area contributed by atoms with Crippen LogP contribution >= 0.6 is 0 Å². The molecule has 0 bridgehead atoms. The summed E-state index contributed by atoms with van der Waals surface area (Å²) in [4.78, 5) is 32.3. The highest BCUT2D eigenvalue weighted by Crippen LogP contribution is 2.18. The van der Waals surface area contributed by atoms with E-state index in [4.69, 9.17) is 4.74 Å². The SMILES string of the molecule is CCNC(=O)COc1ccc(NC(=O)CCc2c(C)nc3ncnn3c2C)cc1. The molecule has 9 heteroatoms. The van der Waals surface area contributed by atoms with E-state index in [-0.39, 0.29) is 18.4 Å². The van der Waals surface area contributed by atoms with Crippen LogP contribution in [0.15, 0.2) is 30.6 Å². The van der Waals surface area contributed by atoms with Crippen molar-refractivity contribution >= 4 is 23.3 Å². The van der Waals surface area contributed by atoms with Crippen molar-refractivity contribution in [3.8, 4) is 5.75 Å². The molecule has 2 aromatic heterocycles. The predicted octanol–water partition coefficient (Wildman–Crippen LogP) is 1.83. The third kappa shape index (κ3) is 5.07. The molecule has 0 saturated heterocycles. The fraction of sp³-hybridized carbons (Fsp3) is 0.350. The molecule has 0 aliphatic carbocycles. The highest BCUT2D eigenvalue weighted by molar-refractivity contribution is 5.90. The number of ether oxygens (including phenoxy) is 1. The third-order valence-electron chi connectivity index (χ3n) is 4.47. The van der Waals surface area contributed by atoms with Gasteiger partial charge < -0.3 is 15.4 Å². The van der Waals surface area contributed by atoms with E-state index in [1.165, 1.54) is 6.33 Å². The maximum Gasteiger partial charge on any atom is 0.257 e. The van der Waals surface area contributed by atoms with Gasteiger partial charge in [0.05, 0.1) is 0 Å². The van der Waals surface area contributed by atoms with Crippen LogP contribution in [-0.2, 0) is 16.0 Å². The minimum Gasteiger partial charge on any atom is -0.484 e. The van der Waals surface area contributed by atoms with Crippen molar-refractivity contribution in [1.29, 1.82) is 0 Å². The summed E-state index contributed by atoms with van der Waals surface area (Å²) >= 11 is 0. The van der Waals surface area contributed by atoms with Crippen LogP contribution in [0.25, 0.3) is 5.78 Å². The van der Waals surface area contributed by atoms with Gasteiger partial charge in [-0.15, -0.1) is 0 Å². The number of nitrogens with one attached hydrogen (secondary N) is 2. The summed E-state index contributed by atoms with van der Waals surface area (Å²) in [6, 6.07) is 6.91. The van der Waals surface area contributed by atoms with Gasteiger partial charge in [-0.3, -0.25) is 9.59 Å². The zero-order valence-corrected chi connectivity index (χ0v) is 16.7. The summed E-state index contributed by atoms with van der Waals surface area (Å²) in [5.41, 5.74) is 3.45. The van der Waals surface area contributed by atoms with Gasteiger partial charge in [0.25, 0.3) is 11.7 Å². The number of aryl methyl sites for hydroxylation is 2. The minimum absolute atomic E-state index is 0.0393. The summed E-state index contributed by atoms with van der Waals surface area (Å²) in [6.45, 7) is 6.23. The molecule has 152 valence electrons. The number of benzene rings is 1. The lowest BCUT2D eigenvalue weighted by atomic mass is 10.1. The molecule has 0 aliphatic rings. The van der Waals surface area contributed by atoms with Gasteiger partial charge in [0.15, 0.2) is 6.61 Å². The standard InChI is InChI=1S/C20H24N6O3/c1-4-21-19(28)11-29-16-7-5-15(6-8-16)25-18(27)10-9-17-13(2)24-20-22-12-23-26(20)14(17)3/h5-8,12H,4,9-11H2,1-3H3,(H,21,28)(H,25,27). The normalized spacial score (nSPS) is 10.7. The van der Waals surface area contributed by atoms with Crippen LogP contribution < -0.4 is 15.4 Å². The number of hydrogen-bond acceptors (Lipinski definition) is 6. The Kier molecular flexibility index (Phi) is 6.38. The Morgan fingerprint density at radius 2 is 1.90 bits per heavy atom. The number of fused-ring (bicyclic) bond motifs is 1. The van der Waals surface area contributed by atoms with Crippen molar-refractivity contribution in [3.63, 3.8) is 0 Å². The van der Waals surface area contributed by atoms with Gasteiger partial charge in [-0.2, -0.15) is 10.1 Å². The smallest absolute Gasteiger partial charge is 0.257 e. The van der Waals surface area contributed by atoms with Crippen molar-refractivity contribution in [3.05, 3.63) is 47.5 Å². The number of rotatable bonds is 8. The van der Waals surface area contributed by atoms with E-state index >= 15 is 0 Å². The molecule has 0 fully saturated rings. The second-order valence-electron chi connectivity index (χ2n) is 6.55. The van der Waals surface area contributed by atoms with Crippen molar-refractivity contribution in [2.24, 2.45) is 0 Å². The van der Waals surface area contributed by atoms with Gasteiger partial charge in [-0.25, -0.2) is 9.50 Å². The lowest BCUT2D eigenvalue weighted by Crippen LogP contribution is -2.28. The lowest BCUT2D eigenvalue weighted by Gasteiger charge is -2.11. The number of amides is 2. The Hall–Kier alpha value is -3.49. The van der Waals surface area contributed by atoms with Crippen molar-refractivity contribution in [2.75, 3.05) is 18.5 Å². The first-order valence-corrected chi connectivity index (χ1v) is 9.43. The average Bonchev–Trinajstić information content (AvgIpc) is 3.16. The summed E-state index contributed by atoms with van der Waals surface area (Å²) in [6.07, 6.45) is 2.34. The molecule has 3 rings (SSSR count). The van der Waals surface area contributed by atoms with Crippen LogP contribution in [0.4, 0.5) is 5.69 Å². The van der Waals surface area contributed by atoms with Gasteiger partial charge in [0.2, 0.25) is 5.91 Å². The molecule has 0 spiro atoms. The Bertz CT molecular complexity index is 1010. The Morgan fingerprint density at radius 1 is 1.14 bits per heavy atom. The summed E-state index contributed by atoms with van der Waals surface area (Å²) in [7, 11) is 0. The Labute approximate surface area is 168 Å². The molecule has 0 unspecified atom stereocenters. The van der Waals surface area contributed by atoms with Crippen LogP contribution in [0.3, 0.4) is 0 Å². The zero-order valence-electron chi connectivity index (χ0n) is 16.7. The summed E-state index contributed by atoms with van der Waals surface area (Å²) < 4.78 is 7.08. The molecule has 2 amide bonds. The second-order valence-corrected chi connectivity index (χ2v) is 6.55. The number of carbonyl (C=O) groups is 2. The first-order valence-electron chi connectivity index (χ1n) is 9.43. The molecule has 0 aliphatic heterocycles. The zero-order chi connectivity index (χ0) is 20.8. The predicted molar refractivity (Wildman–Crippen MR) is 108 cm³/mol. The molecular weight excluding hydrogens is 372 g/mol. The number of likely N-dealkylation sites (N-methyl/N-ethyl adjacent to an activating group) is 1. The lowest BCUT2D eigenvalue weighted by molar-refractivity contribution is -0.123. The number of aromatic nitrogens is 4. The largest absolute Gasteiger partial charge is 0.484 e. The van der Waals surface area contributed by atoms with E-state index in [2.05, 4.69) is 25.7 Å². The number of carbonyl (C=O) groups excluding carboxylic acids is 2. The monoisotopic (exact) mass is 396 g/mol. The molecule has 2 heterocycles. The molecule has 1 aromatic carbocycles. The fourth-order valence-electron chi connectivity index (χ4n) is 3.01. The molecule has 29 heavy (non-hydrogen) atoms. The first kappa shape index (κ1) is 20.2. The molecule has 2 N–H and O–H groups in total. The van der Waals surface area contributed by atoms with Gasteiger partial charge in [-0.05, 0) is 57.0 Å². The van der Waals surface area contributed by atoms with E-state index in [1.54, 1.807) is 28.8 Å². The van der Waals surface area contributed by atoms with Crippen molar-refractivity contribution in [1.82, 2.24) is 24.9 Å². The highest BCUT2D eigenvalue weighted by Gasteiger charge is 2.13. The van der Waals surface area contributed by atoms with Crippen LogP contribution in [0.5, 0.6) is 5.75 Å². The average molecular weight is 396 g/mol. The molecular formula is C20H24N6O3. The highest BCUT2D eigenvalue weighted by atomic mass is 16.5. The fourth-order valence-corrected chi connectivity index (χ4v) is 3.01. The van der Waals surface area contributed by atoms with Gasteiger partial charge >= 0.3 is 0 Å². The summed E-state index contributed by atoms with van der Waals surface area (Å²) in [5.74, 6) is 0.850. The van der Waals surface area contributed by atoms with Crippen molar-refractivity contribution in [2.45, 2.75) is 33.6 Å². The molecule has 3 aromatic rings. The van der Waals surface area contributed by atoms with E-state index in [0.29, 0.717) is 36.6 Å². The molecule has 0 radical (unpaired) electrons. The van der Waals surface area contributed by atoms with Crippen LogP contribution in [0.1, 0.15) is 30.3 Å². The second kappa shape index (κ2) is 9.13. The minimum atomic E-state index is -0.172. The van der Waals surface area contributed by atoms with Crippen molar-refractivity contribution < 1.29 is 14.3 Å². The van der Waals surface area contributed by atoms with Crippen LogP contribution in [-0.4, -0.2) is 44.5 Å². The van der Waals surface area contributed by atoms with Gasteiger partial charge in [0.1, 0.15) is 12.1 Å². The summed E-state index contributed by atoms with van der Waals surface area (Å²) in [5, 5.41) is 9.69. The van der Waals surface area contributed by atoms with E-state index in [9.17, 15) is 9.59 Å². The third-order valence-corrected chi connectivity index (χ3v) is 4.47. The van der Waals surface area contributed by atoms with E-state index in [1.807, 2.05) is 20.8 Å². The molecule has 0 saturated carbocycles. The van der Waals surface area contributed by atoms with Crippen LogP contribution in [0, 0.1) is 13.8 Å². The quantitative estimate of drug-likeness (QED) is 0.601. The van der Waals surface area contributed by atoms with Gasteiger partial charge in [-0.1, -0.05) is 0 Å². The number of nitrogens with zero attached hydrogens (tertiary/aromatic N) is 4.